The van der Waals surface area contributed by atoms with Gasteiger partial charge >= 0.3 is 5.97 Å². The molecule has 0 aliphatic carbocycles. The van der Waals surface area contributed by atoms with E-state index in [9.17, 15) is 18.3 Å². The molecule has 0 bridgehead atoms. The summed E-state index contributed by atoms with van der Waals surface area (Å²) in [6, 6.07) is 0.562. The van der Waals surface area contributed by atoms with Gasteiger partial charge in [0.15, 0.2) is 0 Å². The van der Waals surface area contributed by atoms with Crippen LogP contribution in [0.2, 0.25) is 0 Å². The molecule has 2 N–H and O–H groups in total. The molecule has 2 heterocycles. The lowest BCUT2D eigenvalue weighted by Crippen LogP contribution is -2.37. The van der Waals surface area contributed by atoms with Gasteiger partial charge in [0.1, 0.15) is 10.7 Å². The van der Waals surface area contributed by atoms with E-state index in [4.69, 9.17) is 9.52 Å². The summed E-state index contributed by atoms with van der Waals surface area (Å²) in [5, 5.41) is 18.0. The highest BCUT2D eigenvalue weighted by molar-refractivity contribution is 7.89. The van der Waals surface area contributed by atoms with Gasteiger partial charge < -0.3 is 14.6 Å². The van der Waals surface area contributed by atoms with Gasteiger partial charge in [0, 0.05) is 18.7 Å². The van der Waals surface area contributed by atoms with Gasteiger partial charge in [-0.05, 0) is 19.8 Å². The zero-order valence-electron chi connectivity index (χ0n) is 10.4. The molecule has 1 aliphatic rings. The predicted molar refractivity (Wildman–Crippen MR) is 64.4 cm³/mol. The summed E-state index contributed by atoms with van der Waals surface area (Å²) in [5.41, 5.74) is 0. The number of sulfonamides is 1. The Balaban J connectivity index is 2.42. The molecule has 1 saturated heterocycles. The highest BCUT2D eigenvalue weighted by atomic mass is 32.2. The van der Waals surface area contributed by atoms with Crippen LogP contribution < -0.4 is 0 Å². The minimum Gasteiger partial charge on any atom is -0.475 e. The van der Waals surface area contributed by atoms with Crippen LogP contribution in [0.15, 0.2) is 15.4 Å². The Morgan fingerprint density at radius 1 is 1.58 bits per heavy atom. The van der Waals surface area contributed by atoms with Crippen molar-refractivity contribution in [1.82, 2.24) is 4.31 Å². The number of nitrogens with zero attached hydrogens (tertiary/aromatic N) is 1. The maximum absolute atomic E-state index is 12.4. The maximum atomic E-state index is 12.4. The van der Waals surface area contributed by atoms with Gasteiger partial charge in [0.05, 0.1) is 6.61 Å². The maximum Gasteiger partial charge on any atom is 0.371 e. The van der Waals surface area contributed by atoms with Gasteiger partial charge in [0.2, 0.25) is 15.8 Å². The lowest BCUT2D eigenvalue weighted by Gasteiger charge is -2.21. The number of rotatable bonds is 4. The lowest BCUT2D eigenvalue weighted by molar-refractivity contribution is 0.0661. The van der Waals surface area contributed by atoms with Crippen molar-refractivity contribution in [3.63, 3.8) is 0 Å². The fourth-order valence-electron chi connectivity index (χ4n) is 2.26. The second kappa shape index (κ2) is 4.95. The number of furan rings is 1. The lowest BCUT2D eigenvalue weighted by atomic mass is 10.2. The molecule has 0 saturated carbocycles. The van der Waals surface area contributed by atoms with Crippen molar-refractivity contribution < 1.29 is 27.8 Å². The van der Waals surface area contributed by atoms with Crippen molar-refractivity contribution >= 4 is 16.0 Å². The summed E-state index contributed by atoms with van der Waals surface area (Å²) in [7, 11) is -3.83. The molecule has 0 spiro atoms. The van der Waals surface area contributed by atoms with Crippen molar-refractivity contribution in [3.8, 4) is 0 Å². The summed E-state index contributed by atoms with van der Waals surface area (Å²) >= 11 is 0. The summed E-state index contributed by atoms with van der Waals surface area (Å²) < 4.78 is 31.0. The molecule has 1 aromatic rings. The SMILES string of the molecule is Cc1oc(C(=O)O)cc1S(=O)(=O)N1CCCC1CO. The molecule has 0 amide bonds. The quantitative estimate of drug-likeness (QED) is 0.832. The fourth-order valence-corrected chi connectivity index (χ4v) is 4.11. The average molecular weight is 289 g/mol. The van der Waals surface area contributed by atoms with Crippen LogP contribution in [0.25, 0.3) is 0 Å². The minimum absolute atomic E-state index is 0.0426. The first-order valence-corrected chi connectivity index (χ1v) is 7.28. The van der Waals surface area contributed by atoms with Crippen LogP contribution in [0.4, 0.5) is 0 Å². The van der Waals surface area contributed by atoms with Crippen LogP contribution in [0, 0.1) is 6.92 Å². The molecule has 0 radical (unpaired) electrons. The van der Waals surface area contributed by atoms with Crippen LogP contribution in [-0.2, 0) is 10.0 Å². The highest BCUT2D eigenvalue weighted by Crippen LogP contribution is 2.29. The van der Waals surface area contributed by atoms with Crippen molar-refractivity contribution in [2.24, 2.45) is 0 Å². The van der Waals surface area contributed by atoms with Crippen molar-refractivity contribution in [2.75, 3.05) is 13.2 Å². The molecule has 2 rings (SSSR count). The number of aliphatic hydroxyl groups excluding tert-OH is 1. The molecule has 106 valence electrons. The van der Waals surface area contributed by atoms with E-state index < -0.39 is 27.8 Å². The third kappa shape index (κ3) is 2.38. The molecule has 1 aliphatic heterocycles. The molecule has 8 heteroatoms. The van der Waals surface area contributed by atoms with Gasteiger partial charge in [-0.1, -0.05) is 0 Å². The third-order valence-corrected chi connectivity index (χ3v) is 5.26. The van der Waals surface area contributed by atoms with Crippen molar-refractivity contribution in [2.45, 2.75) is 30.7 Å². The Labute approximate surface area is 110 Å². The van der Waals surface area contributed by atoms with E-state index in [2.05, 4.69) is 0 Å². The monoisotopic (exact) mass is 289 g/mol. The van der Waals surface area contributed by atoms with Crippen LogP contribution >= 0.6 is 0 Å². The van der Waals surface area contributed by atoms with E-state index in [-0.39, 0.29) is 17.3 Å². The Morgan fingerprint density at radius 3 is 2.79 bits per heavy atom. The smallest absolute Gasteiger partial charge is 0.371 e. The van der Waals surface area contributed by atoms with E-state index in [0.717, 1.165) is 6.07 Å². The number of hydrogen-bond acceptors (Lipinski definition) is 5. The fraction of sp³-hybridized carbons (Fsp3) is 0.545. The van der Waals surface area contributed by atoms with E-state index in [1.165, 1.54) is 11.2 Å². The van der Waals surface area contributed by atoms with Gasteiger partial charge in [-0.25, -0.2) is 13.2 Å². The zero-order chi connectivity index (χ0) is 14.2. The van der Waals surface area contributed by atoms with E-state index >= 15 is 0 Å². The largest absolute Gasteiger partial charge is 0.475 e. The van der Waals surface area contributed by atoms with Crippen LogP contribution in [0.5, 0.6) is 0 Å². The number of carboxylic acid groups (broad SMARTS) is 1. The molecule has 7 nitrogen and oxygen atoms in total. The average Bonchev–Trinajstić information content (AvgIpc) is 2.94. The van der Waals surface area contributed by atoms with Crippen molar-refractivity contribution in [3.05, 3.63) is 17.6 Å². The Hall–Kier alpha value is -1.38. The topological polar surface area (TPSA) is 108 Å². The third-order valence-electron chi connectivity index (χ3n) is 3.20. The first-order chi connectivity index (χ1) is 8.87. The molecule has 1 unspecified atom stereocenters. The first kappa shape index (κ1) is 14.0. The number of carboxylic acids is 1. The summed E-state index contributed by atoms with van der Waals surface area (Å²) in [6.45, 7) is 1.48. The molecule has 19 heavy (non-hydrogen) atoms. The molecule has 1 aromatic heterocycles. The van der Waals surface area contributed by atoms with Gasteiger partial charge in [-0.3, -0.25) is 0 Å². The summed E-state index contributed by atoms with van der Waals surface area (Å²) in [5.74, 6) is -1.68. The molecular weight excluding hydrogens is 274 g/mol. The standard InChI is InChI=1S/C11H15NO6S/c1-7-10(5-9(18-7)11(14)15)19(16,17)12-4-2-3-8(12)6-13/h5,8,13H,2-4,6H2,1H3,(H,14,15). The number of aryl methyl sites for hydroxylation is 1. The van der Waals surface area contributed by atoms with Crippen LogP contribution in [0.3, 0.4) is 0 Å². The second-order valence-corrected chi connectivity index (χ2v) is 6.29. The number of carbonyl (C=O) groups is 1. The minimum atomic E-state index is -3.83. The number of hydrogen-bond donors (Lipinski definition) is 2. The Bertz CT molecular complexity index is 590. The number of aromatic carboxylic acids is 1. The predicted octanol–water partition coefficient (Wildman–Crippen LogP) is 0.432. The Morgan fingerprint density at radius 2 is 2.26 bits per heavy atom. The van der Waals surface area contributed by atoms with Gasteiger partial charge in [-0.15, -0.1) is 0 Å². The Kier molecular flexibility index (Phi) is 3.66. The van der Waals surface area contributed by atoms with Gasteiger partial charge in [0.25, 0.3) is 0 Å². The van der Waals surface area contributed by atoms with Crippen LogP contribution in [0.1, 0.15) is 29.2 Å². The summed E-state index contributed by atoms with van der Waals surface area (Å²) in [6.07, 6.45) is 1.27. The van der Waals surface area contributed by atoms with Gasteiger partial charge in [-0.2, -0.15) is 4.31 Å². The van der Waals surface area contributed by atoms with Crippen molar-refractivity contribution in [1.29, 1.82) is 0 Å². The first-order valence-electron chi connectivity index (χ1n) is 5.84. The molecule has 1 fully saturated rings. The van der Waals surface area contributed by atoms with E-state index in [1.54, 1.807) is 0 Å². The van der Waals surface area contributed by atoms with Crippen LogP contribution in [-0.4, -0.2) is 48.1 Å². The zero-order valence-corrected chi connectivity index (χ0v) is 11.2. The van der Waals surface area contributed by atoms with E-state index in [0.29, 0.717) is 19.4 Å². The second-order valence-electron chi connectivity index (χ2n) is 4.43. The molecule has 0 aromatic carbocycles. The normalized spacial score (nSPS) is 20.8. The number of aliphatic hydroxyl groups is 1. The highest BCUT2D eigenvalue weighted by Gasteiger charge is 2.37. The van der Waals surface area contributed by atoms with E-state index in [1.807, 2.05) is 0 Å². The summed E-state index contributed by atoms with van der Waals surface area (Å²) in [4.78, 5) is 10.6. The molecule has 1 atom stereocenters. The molecular formula is C11H15NO6S.